The number of aryl methyl sites for hydroxylation is 3. The monoisotopic (exact) mass is 288 g/mol. The number of carbonyl (C=O) groups is 1. The number of furan rings is 1. The van der Waals surface area contributed by atoms with Crippen molar-refractivity contribution in [1.29, 1.82) is 0 Å². The van der Waals surface area contributed by atoms with Crippen LogP contribution in [0.2, 0.25) is 0 Å². The van der Waals surface area contributed by atoms with Gasteiger partial charge in [-0.15, -0.1) is 0 Å². The zero-order valence-electron chi connectivity index (χ0n) is 14.2. The van der Waals surface area contributed by atoms with Crippen molar-refractivity contribution in [2.45, 2.75) is 54.4 Å². The molecule has 1 heterocycles. The van der Waals surface area contributed by atoms with Gasteiger partial charge in [0.2, 0.25) is 0 Å². The summed E-state index contributed by atoms with van der Waals surface area (Å²) in [5, 5.41) is 0. The number of rotatable bonds is 4. The first-order valence-electron chi connectivity index (χ1n) is 7.79. The van der Waals surface area contributed by atoms with Crippen molar-refractivity contribution >= 4 is 5.78 Å². The third-order valence-electron chi connectivity index (χ3n) is 2.72. The maximum Gasteiger partial charge on any atom is 0.198 e. The SMILES string of the molecule is CC.CC.Cc1cc(C)cc(CCC(=O)c2ccco2)c1. The Morgan fingerprint density at radius 2 is 1.57 bits per heavy atom. The van der Waals surface area contributed by atoms with Crippen molar-refractivity contribution in [3.63, 3.8) is 0 Å². The summed E-state index contributed by atoms with van der Waals surface area (Å²) in [6.07, 6.45) is 2.79. The minimum Gasteiger partial charge on any atom is -0.461 e. The van der Waals surface area contributed by atoms with Gasteiger partial charge in [-0.2, -0.15) is 0 Å². The van der Waals surface area contributed by atoms with Gasteiger partial charge < -0.3 is 4.42 Å². The molecule has 2 nitrogen and oxygen atoms in total. The molecular formula is C19H28O2. The Kier molecular flexibility index (Phi) is 9.95. The lowest BCUT2D eigenvalue weighted by molar-refractivity contribution is 0.0956. The molecule has 1 aromatic carbocycles. The molecule has 2 heteroatoms. The number of ketones is 1. The molecular weight excluding hydrogens is 260 g/mol. The van der Waals surface area contributed by atoms with Crippen LogP contribution in [0, 0.1) is 13.8 Å². The van der Waals surface area contributed by atoms with Crippen LogP contribution in [0.1, 0.15) is 61.4 Å². The maximum atomic E-state index is 11.8. The summed E-state index contributed by atoms with van der Waals surface area (Å²) in [6, 6.07) is 9.84. The summed E-state index contributed by atoms with van der Waals surface area (Å²) in [4.78, 5) is 11.8. The predicted molar refractivity (Wildman–Crippen MR) is 90.0 cm³/mol. The molecule has 0 saturated heterocycles. The summed E-state index contributed by atoms with van der Waals surface area (Å²) < 4.78 is 5.08. The summed E-state index contributed by atoms with van der Waals surface area (Å²) >= 11 is 0. The van der Waals surface area contributed by atoms with Crippen LogP contribution in [0.15, 0.2) is 41.0 Å². The third-order valence-corrected chi connectivity index (χ3v) is 2.72. The van der Waals surface area contributed by atoms with Gasteiger partial charge in [0.15, 0.2) is 11.5 Å². The van der Waals surface area contributed by atoms with Crippen molar-refractivity contribution in [1.82, 2.24) is 0 Å². The molecule has 0 unspecified atom stereocenters. The molecule has 0 aliphatic rings. The molecule has 0 atom stereocenters. The van der Waals surface area contributed by atoms with E-state index in [4.69, 9.17) is 4.42 Å². The molecule has 1 aromatic heterocycles. The van der Waals surface area contributed by atoms with Crippen LogP contribution in [-0.4, -0.2) is 5.78 Å². The minimum absolute atomic E-state index is 0.0640. The minimum atomic E-state index is 0.0640. The molecule has 0 aliphatic carbocycles. The molecule has 0 amide bonds. The molecule has 2 rings (SSSR count). The number of hydrogen-bond acceptors (Lipinski definition) is 2. The Hall–Kier alpha value is -1.83. The van der Waals surface area contributed by atoms with E-state index >= 15 is 0 Å². The van der Waals surface area contributed by atoms with E-state index in [1.807, 2.05) is 27.7 Å². The maximum absolute atomic E-state index is 11.8. The van der Waals surface area contributed by atoms with E-state index in [2.05, 4.69) is 32.0 Å². The molecule has 0 bridgehead atoms. The quantitative estimate of drug-likeness (QED) is 0.669. The van der Waals surface area contributed by atoms with Gasteiger partial charge in [-0.1, -0.05) is 57.0 Å². The second kappa shape index (κ2) is 10.9. The predicted octanol–water partition coefficient (Wildman–Crippen LogP) is 5.76. The van der Waals surface area contributed by atoms with Gasteiger partial charge >= 0.3 is 0 Å². The normalized spacial score (nSPS) is 9.05. The Morgan fingerprint density at radius 1 is 1.00 bits per heavy atom. The summed E-state index contributed by atoms with van der Waals surface area (Å²) in [7, 11) is 0. The fourth-order valence-electron chi connectivity index (χ4n) is 2.03. The van der Waals surface area contributed by atoms with Crippen molar-refractivity contribution in [2.75, 3.05) is 0 Å². The van der Waals surface area contributed by atoms with Crippen LogP contribution >= 0.6 is 0 Å². The van der Waals surface area contributed by atoms with Crippen molar-refractivity contribution in [2.24, 2.45) is 0 Å². The Labute approximate surface area is 129 Å². The van der Waals surface area contributed by atoms with Gasteiger partial charge in [0.1, 0.15) is 0 Å². The standard InChI is InChI=1S/C15H16O2.2C2H6/c1-11-8-12(2)10-13(9-11)5-6-14(16)15-4-3-7-17-15;2*1-2/h3-4,7-10H,5-6H2,1-2H3;2*1-2H3. The van der Waals surface area contributed by atoms with E-state index in [1.54, 1.807) is 12.1 Å². The molecule has 2 aromatic rings. The lowest BCUT2D eigenvalue weighted by Gasteiger charge is -2.03. The molecule has 0 radical (unpaired) electrons. The summed E-state index contributed by atoms with van der Waals surface area (Å²) in [6.45, 7) is 12.1. The summed E-state index contributed by atoms with van der Waals surface area (Å²) in [5.74, 6) is 0.517. The van der Waals surface area contributed by atoms with E-state index in [0.717, 1.165) is 6.42 Å². The molecule has 0 N–H and O–H groups in total. The lowest BCUT2D eigenvalue weighted by atomic mass is 10.0. The summed E-state index contributed by atoms with van der Waals surface area (Å²) in [5.41, 5.74) is 3.69. The second-order valence-electron chi connectivity index (χ2n) is 4.40. The zero-order chi connectivity index (χ0) is 16.3. The highest BCUT2D eigenvalue weighted by molar-refractivity contribution is 5.93. The van der Waals surface area contributed by atoms with E-state index in [9.17, 15) is 4.79 Å². The number of Topliss-reactive ketones (excluding diaryl/α,β-unsaturated/α-hetero) is 1. The fourth-order valence-corrected chi connectivity index (χ4v) is 2.03. The van der Waals surface area contributed by atoms with Gasteiger partial charge in [-0.05, 0) is 38.0 Å². The average molecular weight is 288 g/mol. The van der Waals surface area contributed by atoms with Crippen LogP contribution in [-0.2, 0) is 6.42 Å². The first-order chi connectivity index (χ1) is 10.1. The zero-order valence-corrected chi connectivity index (χ0v) is 14.2. The van der Waals surface area contributed by atoms with Crippen LogP contribution in [0.25, 0.3) is 0 Å². The van der Waals surface area contributed by atoms with Gasteiger partial charge in [0.25, 0.3) is 0 Å². The first-order valence-corrected chi connectivity index (χ1v) is 7.79. The largest absolute Gasteiger partial charge is 0.461 e. The molecule has 0 spiro atoms. The van der Waals surface area contributed by atoms with Crippen LogP contribution < -0.4 is 0 Å². The molecule has 21 heavy (non-hydrogen) atoms. The third kappa shape index (κ3) is 6.94. The molecule has 116 valence electrons. The van der Waals surface area contributed by atoms with Crippen LogP contribution in [0.4, 0.5) is 0 Å². The Balaban J connectivity index is 0.000000921. The fraction of sp³-hybridized carbons (Fsp3) is 0.421. The van der Waals surface area contributed by atoms with Crippen LogP contribution in [0.5, 0.6) is 0 Å². The lowest BCUT2D eigenvalue weighted by Crippen LogP contribution is -2.00. The molecule has 0 aliphatic heterocycles. The van der Waals surface area contributed by atoms with Crippen molar-refractivity contribution in [3.8, 4) is 0 Å². The second-order valence-corrected chi connectivity index (χ2v) is 4.40. The first kappa shape index (κ1) is 19.2. The topological polar surface area (TPSA) is 30.2 Å². The number of benzene rings is 1. The van der Waals surface area contributed by atoms with Crippen molar-refractivity contribution in [3.05, 3.63) is 59.0 Å². The van der Waals surface area contributed by atoms with E-state index in [-0.39, 0.29) is 5.78 Å². The van der Waals surface area contributed by atoms with E-state index < -0.39 is 0 Å². The van der Waals surface area contributed by atoms with Crippen molar-refractivity contribution < 1.29 is 9.21 Å². The van der Waals surface area contributed by atoms with Gasteiger partial charge in [0.05, 0.1) is 6.26 Å². The van der Waals surface area contributed by atoms with Crippen LogP contribution in [0.3, 0.4) is 0 Å². The van der Waals surface area contributed by atoms with Gasteiger partial charge in [0, 0.05) is 6.42 Å². The smallest absolute Gasteiger partial charge is 0.198 e. The Bertz CT molecular complexity index is 490. The molecule has 0 fully saturated rings. The highest BCUT2D eigenvalue weighted by Crippen LogP contribution is 2.13. The van der Waals surface area contributed by atoms with E-state index in [1.165, 1.54) is 23.0 Å². The number of hydrogen-bond donors (Lipinski definition) is 0. The average Bonchev–Trinajstić information content (AvgIpc) is 3.02. The highest BCUT2D eigenvalue weighted by atomic mass is 16.3. The van der Waals surface area contributed by atoms with E-state index in [0.29, 0.717) is 12.2 Å². The highest BCUT2D eigenvalue weighted by Gasteiger charge is 2.08. The Morgan fingerprint density at radius 3 is 2.05 bits per heavy atom. The number of carbonyl (C=O) groups excluding carboxylic acids is 1. The molecule has 0 saturated carbocycles. The van der Waals surface area contributed by atoms with Gasteiger partial charge in [-0.25, -0.2) is 0 Å². The van der Waals surface area contributed by atoms with Gasteiger partial charge in [-0.3, -0.25) is 4.79 Å².